The molecule has 2 rings (SSSR count). The Kier molecular flexibility index (Phi) is 5.02. The molecule has 1 aromatic rings. The van der Waals surface area contributed by atoms with Crippen molar-refractivity contribution >= 4 is 22.0 Å². The van der Waals surface area contributed by atoms with Crippen LogP contribution in [-0.4, -0.2) is 33.6 Å². The van der Waals surface area contributed by atoms with E-state index in [2.05, 4.69) is 10.1 Å². The first-order chi connectivity index (χ1) is 10.4. The molecule has 1 aliphatic rings. The fraction of sp³-hybridized carbons (Fsp3) is 0.429. The second kappa shape index (κ2) is 6.78. The fourth-order valence-corrected chi connectivity index (χ4v) is 3.33. The van der Waals surface area contributed by atoms with Gasteiger partial charge < -0.3 is 10.1 Å². The van der Waals surface area contributed by atoms with Gasteiger partial charge in [-0.2, -0.15) is 0 Å². The Balaban J connectivity index is 2.09. The molecule has 2 amide bonds. The quantitative estimate of drug-likeness (QED) is 0.815. The van der Waals surface area contributed by atoms with E-state index in [-0.39, 0.29) is 16.5 Å². The molecule has 0 aromatic heterocycles. The van der Waals surface area contributed by atoms with Crippen molar-refractivity contribution in [2.24, 2.45) is 0 Å². The van der Waals surface area contributed by atoms with E-state index in [0.29, 0.717) is 0 Å². The van der Waals surface area contributed by atoms with Crippen molar-refractivity contribution in [3.05, 3.63) is 29.8 Å². The maximum Gasteiger partial charge on any atom is 0.337 e. The van der Waals surface area contributed by atoms with Gasteiger partial charge in [0, 0.05) is 6.04 Å². The van der Waals surface area contributed by atoms with Crippen molar-refractivity contribution in [2.45, 2.75) is 36.6 Å². The van der Waals surface area contributed by atoms with Crippen LogP contribution in [0.15, 0.2) is 29.2 Å². The number of amides is 2. The van der Waals surface area contributed by atoms with Gasteiger partial charge >= 0.3 is 12.0 Å². The normalized spacial score (nSPS) is 15.3. The Morgan fingerprint density at radius 3 is 2.55 bits per heavy atom. The van der Waals surface area contributed by atoms with Gasteiger partial charge in [-0.05, 0) is 31.0 Å². The van der Waals surface area contributed by atoms with Gasteiger partial charge in [-0.15, -0.1) is 0 Å². The molecule has 0 atom stereocenters. The molecule has 0 spiro atoms. The molecule has 8 heteroatoms. The molecule has 2 N–H and O–H groups in total. The highest BCUT2D eigenvalue weighted by Gasteiger charge is 2.22. The van der Waals surface area contributed by atoms with Gasteiger partial charge in [0.1, 0.15) is 0 Å². The van der Waals surface area contributed by atoms with Gasteiger partial charge in [0.05, 0.1) is 17.6 Å². The number of hydrogen-bond donors (Lipinski definition) is 2. The number of urea groups is 1. The predicted octanol–water partition coefficient (Wildman–Crippen LogP) is 1.40. The average molecular weight is 326 g/mol. The Bertz CT molecular complexity index is 666. The molecule has 1 aromatic carbocycles. The Morgan fingerprint density at radius 1 is 1.23 bits per heavy atom. The lowest BCUT2D eigenvalue weighted by Gasteiger charge is -2.13. The van der Waals surface area contributed by atoms with Crippen LogP contribution in [0.2, 0.25) is 0 Å². The molecule has 1 fully saturated rings. The van der Waals surface area contributed by atoms with E-state index < -0.39 is 22.0 Å². The zero-order valence-electron chi connectivity index (χ0n) is 12.2. The first kappa shape index (κ1) is 16.3. The second-order valence-corrected chi connectivity index (χ2v) is 6.76. The van der Waals surface area contributed by atoms with E-state index in [1.54, 1.807) is 0 Å². The van der Waals surface area contributed by atoms with Crippen molar-refractivity contribution in [1.82, 2.24) is 10.0 Å². The smallest absolute Gasteiger partial charge is 0.337 e. The third-order valence-corrected chi connectivity index (χ3v) is 4.81. The molecular weight excluding hydrogens is 308 g/mol. The minimum atomic E-state index is -4.04. The third-order valence-electron chi connectivity index (χ3n) is 3.48. The average Bonchev–Trinajstić information content (AvgIpc) is 2.98. The molecule has 0 aliphatic heterocycles. The van der Waals surface area contributed by atoms with Crippen molar-refractivity contribution in [2.75, 3.05) is 7.11 Å². The molecule has 7 nitrogen and oxygen atoms in total. The number of esters is 1. The van der Waals surface area contributed by atoms with Crippen molar-refractivity contribution in [3.8, 4) is 0 Å². The van der Waals surface area contributed by atoms with Crippen molar-refractivity contribution in [1.29, 1.82) is 0 Å². The summed E-state index contributed by atoms with van der Waals surface area (Å²) in [5, 5.41) is 2.63. The number of methoxy groups -OCH3 is 1. The SMILES string of the molecule is COC(=O)c1cccc(S(=O)(=O)NC(=O)NC2CCCC2)c1. The van der Waals surface area contributed by atoms with Crippen LogP contribution in [0.3, 0.4) is 0 Å². The molecule has 0 radical (unpaired) electrons. The zero-order valence-corrected chi connectivity index (χ0v) is 13.0. The Morgan fingerprint density at radius 2 is 1.91 bits per heavy atom. The van der Waals surface area contributed by atoms with Crippen LogP contribution < -0.4 is 10.0 Å². The summed E-state index contributed by atoms with van der Waals surface area (Å²) < 4.78 is 30.8. The summed E-state index contributed by atoms with van der Waals surface area (Å²) in [7, 11) is -2.83. The summed E-state index contributed by atoms with van der Waals surface area (Å²) in [5.41, 5.74) is 0.0987. The maximum atomic E-state index is 12.2. The predicted molar refractivity (Wildman–Crippen MR) is 78.9 cm³/mol. The van der Waals surface area contributed by atoms with Gasteiger partial charge in [-0.1, -0.05) is 18.9 Å². The second-order valence-electron chi connectivity index (χ2n) is 5.08. The molecule has 1 aliphatic carbocycles. The summed E-state index contributed by atoms with van der Waals surface area (Å²) in [5.74, 6) is -0.646. The van der Waals surface area contributed by atoms with Gasteiger partial charge in [-0.3, -0.25) is 0 Å². The van der Waals surface area contributed by atoms with E-state index in [1.165, 1.54) is 25.3 Å². The van der Waals surface area contributed by atoms with Crippen molar-refractivity contribution in [3.63, 3.8) is 0 Å². The van der Waals surface area contributed by atoms with Crippen LogP contribution in [0.1, 0.15) is 36.0 Å². The molecule has 0 saturated heterocycles. The van der Waals surface area contributed by atoms with E-state index in [9.17, 15) is 18.0 Å². The van der Waals surface area contributed by atoms with Gasteiger partial charge in [-0.25, -0.2) is 22.7 Å². The highest BCUT2D eigenvalue weighted by Crippen LogP contribution is 2.17. The van der Waals surface area contributed by atoms with E-state index >= 15 is 0 Å². The van der Waals surface area contributed by atoms with Crippen LogP contribution in [-0.2, 0) is 14.8 Å². The number of sulfonamides is 1. The number of rotatable bonds is 4. The molecule has 0 unspecified atom stereocenters. The molecule has 0 heterocycles. The largest absolute Gasteiger partial charge is 0.465 e. The Hall–Kier alpha value is -2.09. The summed E-state index contributed by atoms with van der Waals surface area (Å²) in [6.07, 6.45) is 3.76. The number of carbonyl (C=O) groups excluding carboxylic acids is 2. The van der Waals surface area contributed by atoms with E-state index in [0.717, 1.165) is 31.7 Å². The third kappa shape index (κ3) is 3.97. The first-order valence-corrected chi connectivity index (χ1v) is 8.42. The molecule has 0 bridgehead atoms. The standard InChI is InChI=1S/C14H18N2O5S/c1-21-13(17)10-5-4-8-12(9-10)22(19,20)16-14(18)15-11-6-2-3-7-11/h4-5,8-9,11H,2-3,6-7H2,1H3,(H2,15,16,18). The van der Waals surface area contributed by atoms with E-state index in [1.807, 2.05) is 4.72 Å². The first-order valence-electron chi connectivity index (χ1n) is 6.94. The topological polar surface area (TPSA) is 102 Å². The van der Waals surface area contributed by atoms with Crippen LogP contribution >= 0.6 is 0 Å². The number of carbonyl (C=O) groups is 2. The lowest BCUT2D eigenvalue weighted by Crippen LogP contribution is -2.43. The van der Waals surface area contributed by atoms with Gasteiger partial charge in [0.15, 0.2) is 0 Å². The highest BCUT2D eigenvalue weighted by atomic mass is 32.2. The monoisotopic (exact) mass is 326 g/mol. The molecule has 120 valence electrons. The number of hydrogen-bond acceptors (Lipinski definition) is 5. The highest BCUT2D eigenvalue weighted by molar-refractivity contribution is 7.90. The van der Waals surface area contributed by atoms with Crippen LogP contribution in [0.25, 0.3) is 0 Å². The summed E-state index contributed by atoms with van der Waals surface area (Å²) in [6, 6.07) is 4.57. The van der Waals surface area contributed by atoms with Crippen LogP contribution in [0.4, 0.5) is 4.79 Å². The minimum absolute atomic E-state index is 0.0107. The summed E-state index contributed by atoms with van der Waals surface area (Å²) >= 11 is 0. The number of nitrogens with one attached hydrogen (secondary N) is 2. The molecule has 1 saturated carbocycles. The number of ether oxygens (including phenoxy) is 1. The van der Waals surface area contributed by atoms with Gasteiger partial charge in [0.2, 0.25) is 0 Å². The number of benzene rings is 1. The van der Waals surface area contributed by atoms with Crippen LogP contribution in [0, 0.1) is 0 Å². The lowest BCUT2D eigenvalue weighted by molar-refractivity contribution is 0.0600. The zero-order chi connectivity index (χ0) is 16.2. The maximum absolute atomic E-state index is 12.2. The fourth-order valence-electron chi connectivity index (χ4n) is 2.37. The molecular formula is C14H18N2O5S. The molecule has 22 heavy (non-hydrogen) atoms. The Labute approximate surface area is 129 Å². The minimum Gasteiger partial charge on any atom is -0.465 e. The summed E-state index contributed by atoms with van der Waals surface area (Å²) in [6.45, 7) is 0. The van der Waals surface area contributed by atoms with Crippen molar-refractivity contribution < 1.29 is 22.7 Å². The van der Waals surface area contributed by atoms with E-state index in [4.69, 9.17) is 0 Å². The van der Waals surface area contributed by atoms with Crippen LogP contribution in [0.5, 0.6) is 0 Å². The summed E-state index contributed by atoms with van der Waals surface area (Å²) in [4.78, 5) is 23.0. The lowest BCUT2D eigenvalue weighted by atomic mass is 10.2. The van der Waals surface area contributed by atoms with Gasteiger partial charge in [0.25, 0.3) is 10.0 Å².